The third-order valence-electron chi connectivity index (χ3n) is 1.83. The number of phenols is 1. The molecular weight excluding hydrogens is 330 g/mol. The number of aryl methyl sites for hydroxylation is 1. The number of hydrogen-bond donors (Lipinski definition) is 2. The number of carbonyl (C=O) groups excluding carboxylic acids is 1. The monoisotopic (exact) mass is 337 g/mol. The Morgan fingerprint density at radius 2 is 1.93 bits per heavy atom. The fraction of sp³-hybridized carbons (Fsp3) is 0.222. The van der Waals surface area contributed by atoms with Crippen LogP contribution in [0.3, 0.4) is 0 Å². The van der Waals surface area contributed by atoms with Crippen LogP contribution in [0, 0.1) is 0 Å². The number of halogens is 2. The molecule has 0 atom stereocenters. The second kappa shape index (κ2) is 5.48. The highest BCUT2D eigenvalue weighted by Crippen LogP contribution is 2.33. The molecule has 4 nitrogen and oxygen atoms in total. The summed E-state index contributed by atoms with van der Waals surface area (Å²) in [7, 11) is 0. The van der Waals surface area contributed by atoms with E-state index in [1.165, 1.54) is 0 Å². The minimum atomic E-state index is -0.463. The summed E-state index contributed by atoms with van der Waals surface area (Å²) < 4.78 is 1.15. The maximum absolute atomic E-state index is 10.8. The molecule has 0 aliphatic rings. The van der Waals surface area contributed by atoms with E-state index >= 15 is 0 Å². The minimum Gasteiger partial charge on any atom is -0.506 e. The van der Waals surface area contributed by atoms with Crippen LogP contribution in [-0.2, 0) is 16.1 Å². The maximum Gasteiger partial charge on any atom is 0.324 e. The summed E-state index contributed by atoms with van der Waals surface area (Å²) in [5.74, 6) is 4.39. The van der Waals surface area contributed by atoms with Gasteiger partial charge < -0.3 is 9.94 Å². The van der Waals surface area contributed by atoms with Gasteiger partial charge in [0.2, 0.25) is 0 Å². The molecule has 0 amide bonds. The van der Waals surface area contributed by atoms with Crippen molar-refractivity contribution in [3.63, 3.8) is 0 Å². The Labute approximate surface area is 104 Å². The Kier molecular flexibility index (Phi) is 4.56. The second-order valence-corrected chi connectivity index (χ2v) is 4.61. The normalized spacial score (nSPS) is 10.1. The van der Waals surface area contributed by atoms with Crippen molar-refractivity contribution >= 4 is 37.8 Å². The van der Waals surface area contributed by atoms with Crippen molar-refractivity contribution in [2.75, 3.05) is 0 Å². The standard InChI is InChI=1S/C9H9Br2NO3/c10-6-3-5(1-2-8(13)15-12)4-7(11)9(6)14/h3-4,14H,1-2,12H2. The van der Waals surface area contributed by atoms with E-state index < -0.39 is 5.97 Å². The fourth-order valence-corrected chi connectivity index (χ4v) is 2.35. The molecule has 1 aromatic carbocycles. The molecule has 0 spiro atoms. The molecule has 3 N–H and O–H groups in total. The van der Waals surface area contributed by atoms with Crippen LogP contribution in [0.1, 0.15) is 12.0 Å². The second-order valence-electron chi connectivity index (χ2n) is 2.90. The van der Waals surface area contributed by atoms with Crippen LogP contribution < -0.4 is 5.90 Å². The molecule has 0 heterocycles. The van der Waals surface area contributed by atoms with Crippen molar-refractivity contribution < 1.29 is 14.7 Å². The van der Waals surface area contributed by atoms with Crippen molar-refractivity contribution in [2.45, 2.75) is 12.8 Å². The van der Waals surface area contributed by atoms with E-state index in [0.717, 1.165) is 5.56 Å². The predicted octanol–water partition coefficient (Wildman–Crippen LogP) is 2.27. The zero-order valence-electron chi connectivity index (χ0n) is 7.67. The summed E-state index contributed by atoms with van der Waals surface area (Å²) in [4.78, 5) is 14.8. The van der Waals surface area contributed by atoms with Crippen molar-refractivity contribution in [2.24, 2.45) is 5.90 Å². The Morgan fingerprint density at radius 3 is 2.40 bits per heavy atom. The van der Waals surface area contributed by atoms with Crippen molar-refractivity contribution in [1.29, 1.82) is 0 Å². The van der Waals surface area contributed by atoms with Crippen LogP contribution in [0.2, 0.25) is 0 Å². The van der Waals surface area contributed by atoms with Gasteiger partial charge in [0.1, 0.15) is 5.75 Å². The Balaban J connectivity index is 2.75. The third-order valence-corrected chi connectivity index (χ3v) is 3.03. The molecule has 15 heavy (non-hydrogen) atoms. The van der Waals surface area contributed by atoms with Gasteiger partial charge in [0.05, 0.1) is 15.4 Å². The van der Waals surface area contributed by atoms with Gasteiger partial charge in [0, 0.05) is 0 Å². The number of hydrogen-bond acceptors (Lipinski definition) is 4. The lowest BCUT2D eigenvalue weighted by molar-refractivity contribution is -0.144. The van der Waals surface area contributed by atoms with Gasteiger partial charge in [-0.05, 0) is 56.0 Å². The van der Waals surface area contributed by atoms with Gasteiger partial charge in [-0.3, -0.25) is 4.79 Å². The van der Waals surface area contributed by atoms with Crippen molar-refractivity contribution in [3.05, 3.63) is 26.6 Å². The van der Waals surface area contributed by atoms with E-state index in [-0.39, 0.29) is 12.2 Å². The van der Waals surface area contributed by atoms with Crippen LogP contribution in [-0.4, -0.2) is 11.1 Å². The van der Waals surface area contributed by atoms with Gasteiger partial charge >= 0.3 is 5.97 Å². The highest BCUT2D eigenvalue weighted by atomic mass is 79.9. The van der Waals surface area contributed by atoms with Gasteiger partial charge in [-0.25, -0.2) is 0 Å². The average Bonchev–Trinajstić information content (AvgIpc) is 2.22. The summed E-state index contributed by atoms with van der Waals surface area (Å²) in [6, 6.07) is 3.48. The van der Waals surface area contributed by atoms with Crippen molar-refractivity contribution in [3.8, 4) is 5.75 Å². The van der Waals surface area contributed by atoms with E-state index in [1.54, 1.807) is 12.1 Å². The molecular formula is C9H9Br2NO3. The number of rotatable bonds is 3. The lowest BCUT2D eigenvalue weighted by atomic mass is 10.1. The summed E-state index contributed by atoms with van der Waals surface area (Å²) in [6.45, 7) is 0. The predicted molar refractivity (Wildman–Crippen MR) is 62.1 cm³/mol. The summed E-state index contributed by atoms with van der Waals surface area (Å²) in [5, 5.41) is 9.45. The topological polar surface area (TPSA) is 72.5 Å². The largest absolute Gasteiger partial charge is 0.506 e. The lowest BCUT2D eigenvalue weighted by Gasteiger charge is -2.05. The minimum absolute atomic E-state index is 0.139. The van der Waals surface area contributed by atoms with Crippen LogP contribution in [0.5, 0.6) is 5.75 Å². The van der Waals surface area contributed by atoms with Crippen LogP contribution in [0.15, 0.2) is 21.1 Å². The molecule has 0 fully saturated rings. The van der Waals surface area contributed by atoms with E-state index in [4.69, 9.17) is 5.90 Å². The Hall–Kier alpha value is -0.590. The van der Waals surface area contributed by atoms with Crippen molar-refractivity contribution in [1.82, 2.24) is 0 Å². The summed E-state index contributed by atoms with van der Waals surface area (Å²) in [5.41, 5.74) is 0.900. The molecule has 1 rings (SSSR count). The summed E-state index contributed by atoms with van der Waals surface area (Å²) in [6.07, 6.45) is 0.716. The molecule has 0 saturated carbocycles. The van der Waals surface area contributed by atoms with Gasteiger partial charge in [0.25, 0.3) is 0 Å². The molecule has 0 aromatic heterocycles. The van der Waals surface area contributed by atoms with Gasteiger partial charge in [-0.2, -0.15) is 5.90 Å². The first-order valence-corrected chi connectivity index (χ1v) is 5.69. The molecule has 82 valence electrons. The van der Waals surface area contributed by atoms with Crippen LogP contribution >= 0.6 is 31.9 Å². The average molecular weight is 339 g/mol. The van der Waals surface area contributed by atoms with Gasteiger partial charge in [-0.15, -0.1) is 0 Å². The van der Waals surface area contributed by atoms with Crippen LogP contribution in [0.25, 0.3) is 0 Å². The molecule has 6 heteroatoms. The molecule has 0 saturated heterocycles. The highest BCUT2D eigenvalue weighted by molar-refractivity contribution is 9.11. The fourth-order valence-electron chi connectivity index (χ4n) is 1.07. The zero-order valence-corrected chi connectivity index (χ0v) is 10.8. The number of aromatic hydroxyl groups is 1. The first-order valence-electron chi connectivity index (χ1n) is 4.11. The van der Waals surface area contributed by atoms with Gasteiger partial charge in [-0.1, -0.05) is 0 Å². The van der Waals surface area contributed by atoms with E-state index in [0.29, 0.717) is 15.4 Å². The molecule has 0 radical (unpaired) electrons. The number of carbonyl (C=O) groups is 1. The quantitative estimate of drug-likeness (QED) is 0.829. The molecule has 1 aromatic rings. The zero-order chi connectivity index (χ0) is 11.4. The molecule has 0 aliphatic heterocycles. The van der Waals surface area contributed by atoms with E-state index in [1.807, 2.05) is 0 Å². The van der Waals surface area contributed by atoms with E-state index in [9.17, 15) is 9.90 Å². The smallest absolute Gasteiger partial charge is 0.324 e. The third kappa shape index (κ3) is 3.48. The van der Waals surface area contributed by atoms with Crippen LogP contribution in [0.4, 0.5) is 0 Å². The summed E-state index contributed by atoms with van der Waals surface area (Å²) >= 11 is 6.40. The maximum atomic E-state index is 10.8. The van der Waals surface area contributed by atoms with Gasteiger partial charge in [0.15, 0.2) is 0 Å². The van der Waals surface area contributed by atoms with E-state index in [2.05, 4.69) is 36.7 Å². The Morgan fingerprint density at radius 1 is 1.40 bits per heavy atom. The number of phenolic OH excluding ortho intramolecular Hbond substituents is 1. The number of benzene rings is 1. The highest BCUT2D eigenvalue weighted by Gasteiger charge is 2.07. The number of nitrogens with two attached hydrogens (primary N) is 1. The lowest BCUT2D eigenvalue weighted by Crippen LogP contribution is -2.10. The Bertz CT molecular complexity index is 359. The first-order chi connectivity index (χ1) is 7.04. The molecule has 0 bridgehead atoms. The molecule has 0 unspecified atom stereocenters. The SMILES string of the molecule is NOC(=O)CCc1cc(Br)c(O)c(Br)c1. The first kappa shape index (κ1) is 12.5. The molecule has 0 aliphatic carbocycles.